The molecule has 1 aliphatic rings. The molecule has 1 N–H and O–H groups in total. The van der Waals surface area contributed by atoms with Crippen molar-refractivity contribution in [2.24, 2.45) is 0 Å². The molecule has 1 unspecified atom stereocenters. The minimum atomic E-state index is 0.212. The van der Waals surface area contributed by atoms with E-state index in [1.54, 1.807) is 0 Å². The van der Waals surface area contributed by atoms with Crippen LogP contribution in [-0.2, 0) is 0 Å². The fourth-order valence-electron chi connectivity index (χ4n) is 1.91. The average molecular weight is 260 g/mol. The van der Waals surface area contributed by atoms with Gasteiger partial charge in [0.2, 0.25) is 0 Å². The molecule has 14 heavy (non-hydrogen) atoms. The largest absolute Gasteiger partial charge is 0.504 e. The lowest BCUT2D eigenvalue weighted by atomic mass is 10.1. The zero-order chi connectivity index (χ0) is 10.1. The SMILES string of the molecule is CN1CCCCC1n1ncc(O)c1Br. The second kappa shape index (κ2) is 3.90. The molecule has 1 atom stereocenters. The van der Waals surface area contributed by atoms with Crippen molar-refractivity contribution in [2.75, 3.05) is 13.6 Å². The molecular formula is C9H14BrN3O. The molecule has 0 radical (unpaired) electrons. The second-order valence-electron chi connectivity index (χ2n) is 3.72. The first kappa shape index (κ1) is 9.98. The van der Waals surface area contributed by atoms with E-state index < -0.39 is 0 Å². The Kier molecular flexibility index (Phi) is 2.78. The summed E-state index contributed by atoms with van der Waals surface area (Å²) in [7, 11) is 2.09. The van der Waals surface area contributed by atoms with E-state index >= 15 is 0 Å². The van der Waals surface area contributed by atoms with Crippen LogP contribution in [0.2, 0.25) is 0 Å². The first-order valence-corrected chi connectivity index (χ1v) is 5.61. The fourth-order valence-corrected chi connectivity index (χ4v) is 2.34. The second-order valence-corrected chi connectivity index (χ2v) is 4.47. The van der Waals surface area contributed by atoms with Crippen molar-refractivity contribution in [1.82, 2.24) is 14.7 Å². The maximum atomic E-state index is 9.41. The van der Waals surface area contributed by atoms with Crippen LogP contribution in [0.5, 0.6) is 5.75 Å². The molecule has 0 spiro atoms. The van der Waals surface area contributed by atoms with Gasteiger partial charge >= 0.3 is 0 Å². The number of hydrogen-bond acceptors (Lipinski definition) is 3. The van der Waals surface area contributed by atoms with Gasteiger partial charge in [-0.15, -0.1) is 0 Å². The van der Waals surface area contributed by atoms with Gasteiger partial charge in [0, 0.05) is 0 Å². The van der Waals surface area contributed by atoms with Gasteiger partial charge in [0.15, 0.2) is 5.75 Å². The van der Waals surface area contributed by atoms with E-state index in [1.807, 2.05) is 4.68 Å². The summed E-state index contributed by atoms with van der Waals surface area (Å²) in [5, 5.41) is 13.6. The van der Waals surface area contributed by atoms with Gasteiger partial charge < -0.3 is 5.11 Å². The molecule has 1 aromatic heterocycles. The standard InChI is InChI=1S/C9H14BrN3O/c1-12-5-3-2-4-8(12)13-9(10)7(14)6-11-13/h6,8,14H,2-5H2,1H3. The number of nitrogens with zero attached hydrogens (tertiary/aromatic N) is 3. The fraction of sp³-hybridized carbons (Fsp3) is 0.667. The Morgan fingerprint density at radius 3 is 2.93 bits per heavy atom. The van der Waals surface area contributed by atoms with Gasteiger partial charge in [-0.1, -0.05) is 0 Å². The minimum absolute atomic E-state index is 0.212. The summed E-state index contributed by atoms with van der Waals surface area (Å²) in [6.07, 6.45) is 5.32. The molecular weight excluding hydrogens is 246 g/mol. The van der Waals surface area contributed by atoms with Gasteiger partial charge in [-0.3, -0.25) is 4.90 Å². The van der Waals surface area contributed by atoms with Gasteiger partial charge in [0.1, 0.15) is 10.8 Å². The van der Waals surface area contributed by atoms with E-state index in [0.717, 1.165) is 13.0 Å². The number of piperidine rings is 1. The molecule has 78 valence electrons. The summed E-state index contributed by atoms with van der Waals surface area (Å²) in [5.74, 6) is 0.212. The molecule has 4 nitrogen and oxygen atoms in total. The first-order chi connectivity index (χ1) is 6.70. The third-order valence-electron chi connectivity index (χ3n) is 2.73. The van der Waals surface area contributed by atoms with Gasteiger partial charge in [0.25, 0.3) is 0 Å². The van der Waals surface area contributed by atoms with Crippen LogP contribution in [0.1, 0.15) is 25.4 Å². The monoisotopic (exact) mass is 259 g/mol. The van der Waals surface area contributed by atoms with E-state index in [0.29, 0.717) is 4.60 Å². The summed E-state index contributed by atoms with van der Waals surface area (Å²) in [5.41, 5.74) is 0. The third-order valence-corrected chi connectivity index (χ3v) is 3.50. The van der Waals surface area contributed by atoms with E-state index in [-0.39, 0.29) is 11.9 Å². The highest BCUT2D eigenvalue weighted by Crippen LogP contribution is 2.31. The van der Waals surface area contributed by atoms with Gasteiger partial charge in [0.05, 0.1) is 6.20 Å². The summed E-state index contributed by atoms with van der Waals surface area (Å²) in [6, 6.07) is 0. The van der Waals surface area contributed by atoms with Crippen molar-refractivity contribution < 1.29 is 5.11 Å². The maximum Gasteiger partial charge on any atom is 0.168 e. The van der Waals surface area contributed by atoms with Crippen molar-refractivity contribution in [3.05, 3.63) is 10.8 Å². The molecule has 5 heteroatoms. The lowest BCUT2D eigenvalue weighted by Crippen LogP contribution is -2.34. The lowest BCUT2D eigenvalue weighted by molar-refractivity contribution is 0.113. The van der Waals surface area contributed by atoms with Crippen molar-refractivity contribution in [1.29, 1.82) is 0 Å². The first-order valence-electron chi connectivity index (χ1n) is 4.82. The van der Waals surface area contributed by atoms with E-state index in [4.69, 9.17) is 0 Å². The third kappa shape index (κ3) is 1.66. The number of rotatable bonds is 1. The Morgan fingerprint density at radius 2 is 2.36 bits per heavy atom. The molecule has 2 heterocycles. The molecule has 1 aromatic rings. The Morgan fingerprint density at radius 1 is 1.57 bits per heavy atom. The van der Waals surface area contributed by atoms with Crippen LogP contribution in [-0.4, -0.2) is 33.4 Å². The number of aromatic nitrogens is 2. The number of aromatic hydroxyl groups is 1. The number of likely N-dealkylation sites (tertiary alicyclic amines) is 1. The smallest absolute Gasteiger partial charge is 0.168 e. The van der Waals surface area contributed by atoms with E-state index in [1.165, 1.54) is 19.0 Å². The maximum absolute atomic E-state index is 9.41. The van der Waals surface area contributed by atoms with Gasteiger partial charge in [-0.2, -0.15) is 5.10 Å². The number of halogens is 1. The predicted octanol–water partition coefficient (Wildman–Crippen LogP) is 1.97. The average Bonchev–Trinajstić information content (AvgIpc) is 2.49. The zero-order valence-corrected chi connectivity index (χ0v) is 9.74. The van der Waals surface area contributed by atoms with E-state index in [2.05, 4.69) is 33.0 Å². The Labute approximate surface area is 91.6 Å². The molecule has 0 saturated carbocycles. The highest BCUT2D eigenvalue weighted by molar-refractivity contribution is 9.10. The van der Waals surface area contributed by atoms with Crippen LogP contribution < -0.4 is 0 Å². The minimum Gasteiger partial charge on any atom is -0.504 e. The van der Waals surface area contributed by atoms with Crippen molar-refractivity contribution in [2.45, 2.75) is 25.4 Å². The highest BCUT2D eigenvalue weighted by atomic mass is 79.9. The quantitative estimate of drug-likeness (QED) is 0.839. The lowest BCUT2D eigenvalue weighted by Gasteiger charge is -2.32. The highest BCUT2D eigenvalue weighted by Gasteiger charge is 2.23. The van der Waals surface area contributed by atoms with Crippen molar-refractivity contribution in [3.8, 4) is 5.75 Å². The Bertz CT molecular complexity index is 326. The molecule has 0 amide bonds. The summed E-state index contributed by atoms with van der Waals surface area (Å²) < 4.78 is 2.52. The number of hydrogen-bond donors (Lipinski definition) is 1. The van der Waals surface area contributed by atoms with Crippen LogP contribution >= 0.6 is 15.9 Å². The molecule has 0 aromatic carbocycles. The zero-order valence-electron chi connectivity index (χ0n) is 8.15. The van der Waals surface area contributed by atoms with Gasteiger partial charge in [-0.25, -0.2) is 4.68 Å². The molecule has 1 fully saturated rings. The molecule has 2 rings (SSSR count). The topological polar surface area (TPSA) is 41.3 Å². The Balaban J connectivity index is 2.24. The molecule has 0 aliphatic carbocycles. The normalized spacial score (nSPS) is 24.0. The Hall–Kier alpha value is -0.550. The van der Waals surface area contributed by atoms with Gasteiger partial charge in [-0.05, 0) is 48.8 Å². The van der Waals surface area contributed by atoms with Crippen LogP contribution in [0.25, 0.3) is 0 Å². The van der Waals surface area contributed by atoms with Crippen molar-refractivity contribution >= 4 is 15.9 Å². The predicted molar refractivity (Wildman–Crippen MR) is 57.1 cm³/mol. The summed E-state index contributed by atoms with van der Waals surface area (Å²) >= 11 is 3.34. The van der Waals surface area contributed by atoms with Crippen LogP contribution in [0.15, 0.2) is 10.8 Å². The summed E-state index contributed by atoms with van der Waals surface area (Å²) in [4.78, 5) is 2.26. The molecule has 0 bridgehead atoms. The van der Waals surface area contributed by atoms with Crippen molar-refractivity contribution in [3.63, 3.8) is 0 Å². The van der Waals surface area contributed by atoms with E-state index in [9.17, 15) is 5.11 Å². The molecule has 1 aliphatic heterocycles. The summed E-state index contributed by atoms with van der Waals surface area (Å²) in [6.45, 7) is 1.09. The van der Waals surface area contributed by atoms with Crippen LogP contribution in [0.3, 0.4) is 0 Å². The van der Waals surface area contributed by atoms with Crippen LogP contribution in [0.4, 0.5) is 0 Å². The molecule has 1 saturated heterocycles. The van der Waals surface area contributed by atoms with Crippen LogP contribution in [0, 0.1) is 0 Å².